The van der Waals surface area contributed by atoms with Gasteiger partial charge in [-0.3, -0.25) is 0 Å². The van der Waals surface area contributed by atoms with Gasteiger partial charge in [-0.15, -0.1) is 0 Å². The van der Waals surface area contributed by atoms with Crippen molar-refractivity contribution in [3.63, 3.8) is 0 Å². The van der Waals surface area contributed by atoms with E-state index >= 15 is 0 Å². The fourth-order valence-corrected chi connectivity index (χ4v) is 9.54. The third-order valence-corrected chi connectivity index (χ3v) is 11.9. The van der Waals surface area contributed by atoms with Crippen LogP contribution in [-0.2, 0) is 0 Å². The summed E-state index contributed by atoms with van der Waals surface area (Å²) in [4.78, 5) is 0. The second kappa shape index (κ2) is 7.95. The number of fused-ring (bicyclic) bond motifs is 5. The minimum absolute atomic E-state index is 0.511. The van der Waals surface area contributed by atoms with Crippen LogP contribution >= 0.6 is 0 Å². The van der Waals surface area contributed by atoms with E-state index in [2.05, 4.69) is 61.5 Å². The number of allylic oxidation sites excluding steroid dienone is 2. The lowest BCUT2D eigenvalue weighted by Crippen LogP contribution is -2.56. The van der Waals surface area contributed by atoms with Crippen molar-refractivity contribution in [1.29, 1.82) is 0 Å². The first-order chi connectivity index (χ1) is 14.0. The average Bonchev–Trinajstić information content (AvgIpc) is 3.05. The third kappa shape index (κ3) is 3.46. The minimum Gasteiger partial charge on any atom is -0.0842 e. The summed E-state index contributed by atoms with van der Waals surface area (Å²) in [7, 11) is 0. The van der Waals surface area contributed by atoms with Gasteiger partial charge < -0.3 is 0 Å². The summed E-state index contributed by atoms with van der Waals surface area (Å²) < 4.78 is 0. The van der Waals surface area contributed by atoms with E-state index in [9.17, 15) is 0 Å². The maximum absolute atomic E-state index is 2.76. The molecule has 0 aromatic rings. The normalized spacial score (nSPS) is 47.8. The molecule has 3 fully saturated rings. The molecule has 0 spiro atoms. The van der Waals surface area contributed by atoms with E-state index in [-0.39, 0.29) is 0 Å². The van der Waals surface area contributed by atoms with Crippen LogP contribution in [-0.4, -0.2) is 0 Å². The second-order valence-corrected chi connectivity index (χ2v) is 13.8. The lowest BCUT2D eigenvalue weighted by molar-refractivity contribution is -0.111. The highest BCUT2D eigenvalue weighted by molar-refractivity contribution is 5.27. The van der Waals surface area contributed by atoms with Gasteiger partial charge in [-0.05, 0) is 109 Å². The molecule has 172 valence electrons. The molecular weight excluding hydrogens is 360 g/mol. The molecule has 0 amide bonds. The Morgan fingerprint density at radius 1 is 0.867 bits per heavy atom. The van der Waals surface area contributed by atoms with Crippen molar-refractivity contribution in [1.82, 2.24) is 0 Å². The average molecular weight is 413 g/mol. The first kappa shape index (κ1) is 22.9. The van der Waals surface area contributed by atoms with Gasteiger partial charge in [0.2, 0.25) is 0 Å². The molecule has 0 heterocycles. The Morgan fingerprint density at radius 3 is 2.30 bits per heavy atom. The molecule has 0 heteroatoms. The van der Waals surface area contributed by atoms with Gasteiger partial charge in [0.15, 0.2) is 0 Å². The van der Waals surface area contributed by atoms with Crippen LogP contribution in [0, 0.1) is 57.7 Å². The molecule has 3 saturated carbocycles. The zero-order chi connectivity index (χ0) is 21.9. The van der Waals surface area contributed by atoms with Crippen LogP contribution in [0.4, 0.5) is 0 Å². The summed E-state index contributed by atoms with van der Waals surface area (Å²) in [5.74, 6) is 6.37. The lowest BCUT2D eigenvalue weighted by atomic mass is 9.41. The summed E-state index contributed by atoms with van der Waals surface area (Å²) >= 11 is 0. The largest absolute Gasteiger partial charge is 0.0842 e. The molecule has 0 aromatic carbocycles. The standard InChI is InChI=1S/C30H52/c1-20(2)22(4)9-10-23(5)25-11-12-26-29(25,7)18-15-27-28(6)16-13-21(3)19-24(28)14-17-30(26,27)8/h14,20-23,25-27H,9-13,15-19H2,1-8H3/t21-,22?,23?,25+,26?,27?,28-,29+,30-/m0/s1. The second-order valence-electron chi connectivity index (χ2n) is 13.8. The summed E-state index contributed by atoms with van der Waals surface area (Å²) in [6.07, 6.45) is 17.3. The molecule has 0 nitrogen and oxygen atoms in total. The predicted molar refractivity (Wildman–Crippen MR) is 131 cm³/mol. The smallest absolute Gasteiger partial charge is 0.00825 e. The van der Waals surface area contributed by atoms with Crippen LogP contribution in [0.25, 0.3) is 0 Å². The van der Waals surface area contributed by atoms with Crippen molar-refractivity contribution in [3.8, 4) is 0 Å². The predicted octanol–water partition coefficient (Wildman–Crippen LogP) is 9.30. The first-order valence-electron chi connectivity index (χ1n) is 13.7. The number of rotatable bonds is 5. The Hall–Kier alpha value is -0.260. The van der Waals surface area contributed by atoms with Gasteiger partial charge in [-0.25, -0.2) is 0 Å². The maximum Gasteiger partial charge on any atom is -0.00825 e. The summed E-state index contributed by atoms with van der Waals surface area (Å²) in [5, 5.41) is 0. The third-order valence-electron chi connectivity index (χ3n) is 11.9. The van der Waals surface area contributed by atoms with Gasteiger partial charge in [0, 0.05) is 0 Å². The van der Waals surface area contributed by atoms with E-state index < -0.39 is 0 Å². The molecule has 0 saturated heterocycles. The van der Waals surface area contributed by atoms with Crippen molar-refractivity contribution in [2.45, 2.75) is 120 Å². The molecule has 4 aliphatic carbocycles. The van der Waals surface area contributed by atoms with Gasteiger partial charge in [0.1, 0.15) is 0 Å². The van der Waals surface area contributed by atoms with Crippen molar-refractivity contribution in [2.75, 3.05) is 0 Å². The van der Waals surface area contributed by atoms with Crippen molar-refractivity contribution in [2.24, 2.45) is 57.7 Å². The van der Waals surface area contributed by atoms with Crippen LogP contribution in [0.3, 0.4) is 0 Å². The maximum atomic E-state index is 2.76. The van der Waals surface area contributed by atoms with Gasteiger partial charge in [0.05, 0.1) is 0 Å². The van der Waals surface area contributed by atoms with E-state index in [1.807, 2.05) is 5.57 Å². The zero-order valence-electron chi connectivity index (χ0n) is 21.7. The van der Waals surface area contributed by atoms with Crippen LogP contribution < -0.4 is 0 Å². The summed E-state index contributed by atoms with van der Waals surface area (Å²) in [5.41, 5.74) is 3.51. The van der Waals surface area contributed by atoms with E-state index in [0.29, 0.717) is 16.2 Å². The Morgan fingerprint density at radius 2 is 1.60 bits per heavy atom. The fraction of sp³-hybridized carbons (Fsp3) is 0.933. The SMILES string of the molecule is CC(C)C(C)CCC(C)[C@H]1CCC2[C@]3(C)CC=C4C[C@@H](C)CC[C@]4(C)C3CC[C@@]21C. The Labute approximate surface area is 189 Å². The van der Waals surface area contributed by atoms with Gasteiger partial charge >= 0.3 is 0 Å². The number of hydrogen-bond donors (Lipinski definition) is 0. The Kier molecular flexibility index (Phi) is 6.07. The van der Waals surface area contributed by atoms with Crippen LogP contribution in [0.2, 0.25) is 0 Å². The van der Waals surface area contributed by atoms with E-state index in [4.69, 9.17) is 0 Å². The highest BCUT2D eigenvalue weighted by atomic mass is 14.7. The van der Waals surface area contributed by atoms with Crippen molar-refractivity contribution >= 4 is 0 Å². The summed E-state index contributed by atoms with van der Waals surface area (Å²) in [6.45, 7) is 20.5. The van der Waals surface area contributed by atoms with Crippen molar-refractivity contribution < 1.29 is 0 Å². The molecule has 0 N–H and O–H groups in total. The van der Waals surface area contributed by atoms with Gasteiger partial charge in [-0.2, -0.15) is 0 Å². The van der Waals surface area contributed by atoms with Crippen LogP contribution in [0.15, 0.2) is 11.6 Å². The molecule has 4 rings (SSSR count). The highest BCUT2D eigenvalue weighted by Crippen LogP contribution is 2.72. The zero-order valence-corrected chi connectivity index (χ0v) is 21.7. The van der Waals surface area contributed by atoms with Crippen molar-refractivity contribution in [3.05, 3.63) is 11.6 Å². The first-order valence-corrected chi connectivity index (χ1v) is 13.7. The van der Waals surface area contributed by atoms with E-state index in [0.717, 1.165) is 41.4 Å². The molecule has 4 aliphatic rings. The fourth-order valence-electron chi connectivity index (χ4n) is 9.54. The van der Waals surface area contributed by atoms with Gasteiger partial charge in [0.25, 0.3) is 0 Å². The lowest BCUT2D eigenvalue weighted by Gasteiger charge is -2.63. The number of hydrogen-bond acceptors (Lipinski definition) is 0. The molecule has 0 aliphatic heterocycles. The highest BCUT2D eigenvalue weighted by Gasteiger charge is 2.63. The Balaban J connectivity index is 1.54. The van der Waals surface area contributed by atoms with Gasteiger partial charge in [-0.1, -0.05) is 79.9 Å². The van der Waals surface area contributed by atoms with E-state index in [1.54, 1.807) is 0 Å². The molecule has 0 aromatic heterocycles. The molecule has 30 heavy (non-hydrogen) atoms. The molecule has 4 unspecified atom stereocenters. The summed E-state index contributed by atoms with van der Waals surface area (Å²) in [6, 6.07) is 0. The quantitative estimate of drug-likeness (QED) is 0.394. The van der Waals surface area contributed by atoms with Crippen LogP contribution in [0.5, 0.6) is 0 Å². The topological polar surface area (TPSA) is 0 Å². The van der Waals surface area contributed by atoms with E-state index in [1.165, 1.54) is 64.2 Å². The molecule has 0 bridgehead atoms. The monoisotopic (exact) mass is 412 g/mol. The molecule has 0 radical (unpaired) electrons. The van der Waals surface area contributed by atoms with Crippen LogP contribution in [0.1, 0.15) is 120 Å². The molecule has 9 atom stereocenters. The molecular formula is C30H52. The minimum atomic E-state index is 0.511. The Bertz CT molecular complexity index is 657.